The lowest BCUT2D eigenvalue weighted by molar-refractivity contribution is -0.390. The molecule has 0 amide bonds. The topological polar surface area (TPSA) is 89.0 Å². The van der Waals surface area contributed by atoms with E-state index < -0.39 is 34.8 Å². The van der Waals surface area contributed by atoms with Gasteiger partial charge in [-0.1, -0.05) is 0 Å². The van der Waals surface area contributed by atoms with E-state index in [-0.39, 0.29) is 5.56 Å². The molecule has 0 radical (unpaired) electrons. The summed E-state index contributed by atoms with van der Waals surface area (Å²) in [7, 11) is 0. The number of nitrogens with zero attached hydrogens (tertiary/aromatic N) is 3. The summed E-state index contributed by atoms with van der Waals surface area (Å²) in [6.07, 6.45) is -4.71. The van der Waals surface area contributed by atoms with Crippen molar-refractivity contribution in [1.82, 2.24) is 4.98 Å². The van der Waals surface area contributed by atoms with Gasteiger partial charge in [0.2, 0.25) is 0 Å². The molecule has 9 heteroatoms. The van der Waals surface area contributed by atoms with Gasteiger partial charge in [-0.2, -0.15) is 5.26 Å². The van der Waals surface area contributed by atoms with Crippen LogP contribution in [-0.2, 0) is 6.42 Å². The first kappa shape index (κ1) is 13.7. The Morgan fingerprint density at radius 1 is 1.61 bits per heavy atom. The van der Waals surface area contributed by atoms with Crippen LogP contribution in [0.1, 0.15) is 11.1 Å². The van der Waals surface area contributed by atoms with Crippen molar-refractivity contribution in [2.75, 3.05) is 0 Å². The second-order valence-corrected chi connectivity index (χ2v) is 3.21. The van der Waals surface area contributed by atoms with Crippen LogP contribution in [0.25, 0.3) is 0 Å². The van der Waals surface area contributed by atoms with Crippen LogP contribution in [0.2, 0.25) is 0 Å². The average Bonchev–Trinajstić information content (AvgIpc) is 2.21. The zero-order valence-corrected chi connectivity index (χ0v) is 8.98. The Labute approximate surface area is 98.8 Å². The number of aryl methyl sites for hydroxylation is 1. The van der Waals surface area contributed by atoms with Crippen molar-refractivity contribution in [3.8, 4) is 11.8 Å². The van der Waals surface area contributed by atoms with Gasteiger partial charge < -0.3 is 14.9 Å². The van der Waals surface area contributed by atoms with Gasteiger partial charge in [0.1, 0.15) is 17.5 Å². The monoisotopic (exact) mass is 261 g/mol. The minimum absolute atomic E-state index is 0.0387. The first-order chi connectivity index (χ1) is 8.26. The Balaban J connectivity index is 3.42. The van der Waals surface area contributed by atoms with Crippen LogP contribution in [-0.4, -0.2) is 16.3 Å². The van der Waals surface area contributed by atoms with E-state index in [1.165, 1.54) is 6.92 Å². The third-order valence-corrected chi connectivity index (χ3v) is 1.93. The van der Waals surface area contributed by atoms with Gasteiger partial charge in [0, 0.05) is 5.56 Å². The fourth-order valence-corrected chi connectivity index (χ4v) is 1.29. The maximum Gasteiger partial charge on any atom is 0.573 e. The molecule has 96 valence electrons. The van der Waals surface area contributed by atoms with Crippen LogP contribution in [0.4, 0.5) is 19.0 Å². The lowest BCUT2D eigenvalue weighted by Gasteiger charge is -2.13. The second-order valence-electron chi connectivity index (χ2n) is 3.21. The van der Waals surface area contributed by atoms with E-state index in [4.69, 9.17) is 5.26 Å². The molecule has 1 rings (SSSR count). The molecule has 0 aliphatic carbocycles. The number of rotatable bonds is 3. The highest BCUT2D eigenvalue weighted by Crippen LogP contribution is 2.34. The normalized spacial score (nSPS) is 10.8. The molecule has 1 aromatic rings. The van der Waals surface area contributed by atoms with Gasteiger partial charge in [-0.3, -0.25) is 0 Å². The lowest BCUT2D eigenvalue weighted by Crippen LogP contribution is -2.19. The van der Waals surface area contributed by atoms with E-state index in [0.29, 0.717) is 0 Å². The molecule has 0 aromatic carbocycles. The number of ether oxygens (including phenoxy) is 1. The predicted octanol–water partition coefficient (Wildman–Crippen LogP) is 2.26. The first-order valence-electron chi connectivity index (χ1n) is 4.52. The summed E-state index contributed by atoms with van der Waals surface area (Å²) in [5.74, 6) is -1.56. The van der Waals surface area contributed by atoms with Gasteiger partial charge >= 0.3 is 12.2 Å². The standard InChI is InChI=1S/C9H6F3N3O3/c1-5-4-14-8(15(16)17)6(2-3-13)7(5)18-9(10,11)12/h4H,2H2,1H3. The van der Waals surface area contributed by atoms with Crippen LogP contribution in [0, 0.1) is 28.4 Å². The molecule has 0 spiro atoms. The Bertz CT molecular complexity index is 522. The number of pyridine rings is 1. The highest BCUT2D eigenvalue weighted by molar-refractivity contribution is 5.49. The molecule has 0 aliphatic rings. The van der Waals surface area contributed by atoms with Gasteiger partial charge in [0.05, 0.1) is 12.5 Å². The molecule has 6 nitrogen and oxygen atoms in total. The largest absolute Gasteiger partial charge is 0.573 e. The molecule has 0 atom stereocenters. The van der Waals surface area contributed by atoms with Crippen LogP contribution >= 0.6 is 0 Å². The van der Waals surface area contributed by atoms with Crippen molar-refractivity contribution >= 4 is 5.82 Å². The van der Waals surface area contributed by atoms with Crippen molar-refractivity contribution in [1.29, 1.82) is 5.26 Å². The van der Waals surface area contributed by atoms with Crippen molar-refractivity contribution in [2.45, 2.75) is 19.7 Å². The molecule has 0 fully saturated rings. The molecule has 0 unspecified atom stereocenters. The number of halogens is 3. The van der Waals surface area contributed by atoms with E-state index in [2.05, 4.69) is 9.72 Å². The fourth-order valence-electron chi connectivity index (χ4n) is 1.29. The van der Waals surface area contributed by atoms with E-state index in [0.717, 1.165) is 6.20 Å². The molecule has 0 N–H and O–H groups in total. The summed E-state index contributed by atoms with van der Waals surface area (Å²) in [6.45, 7) is 1.25. The lowest BCUT2D eigenvalue weighted by atomic mass is 10.1. The first-order valence-corrected chi connectivity index (χ1v) is 4.52. The Hall–Kier alpha value is -2.37. The molecule has 0 saturated carbocycles. The zero-order valence-electron chi connectivity index (χ0n) is 8.98. The third-order valence-electron chi connectivity index (χ3n) is 1.93. The molecule has 1 heterocycles. The summed E-state index contributed by atoms with van der Waals surface area (Å²) in [5, 5.41) is 19.1. The summed E-state index contributed by atoms with van der Waals surface area (Å²) >= 11 is 0. The van der Waals surface area contributed by atoms with E-state index >= 15 is 0 Å². The SMILES string of the molecule is Cc1cnc([N+](=O)[O-])c(CC#N)c1OC(F)(F)F. The van der Waals surface area contributed by atoms with Gasteiger partial charge in [-0.15, -0.1) is 13.2 Å². The van der Waals surface area contributed by atoms with Crippen LogP contribution in [0.3, 0.4) is 0 Å². The van der Waals surface area contributed by atoms with Crippen molar-refractivity contribution in [3.63, 3.8) is 0 Å². The smallest absolute Gasteiger partial charge is 0.405 e. The number of hydrogen-bond donors (Lipinski definition) is 0. The maximum absolute atomic E-state index is 12.2. The summed E-state index contributed by atoms with van der Waals surface area (Å²) in [5.41, 5.74) is -0.525. The number of nitriles is 1. The molecule has 18 heavy (non-hydrogen) atoms. The fraction of sp³-hybridized carbons (Fsp3) is 0.333. The molecule has 0 bridgehead atoms. The Morgan fingerprint density at radius 2 is 2.22 bits per heavy atom. The van der Waals surface area contributed by atoms with Crippen LogP contribution < -0.4 is 4.74 Å². The maximum atomic E-state index is 12.2. The minimum atomic E-state index is -5.00. The van der Waals surface area contributed by atoms with Crippen LogP contribution in [0.5, 0.6) is 5.75 Å². The quantitative estimate of drug-likeness (QED) is 0.615. The molecular weight excluding hydrogens is 255 g/mol. The van der Waals surface area contributed by atoms with Gasteiger partial charge in [0.25, 0.3) is 0 Å². The number of alkyl halides is 3. The summed E-state index contributed by atoms with van der Waals surface area (Å²) in [4.78, 5) is 13.0. The van der Waals surface area contributed by atoms with E-state index in [9.17, 15) is 23.3 Å². The van der Waals surface area contributed by atoms with Gasteiger partial charge in [-0.05, 0) is 16.8 Å². The highest BCUT2D eigenvalue weighted by atomic mass is 19.4. The molecule has 0 saturated heterocycles. The highest BCUT2D eigenvalue weighted by Gasteiger charge is 2.35. The predicted molar refractivity (Wildman–Crippen MR) is 51.6 cm³/mol. The van der Waals surface area contributed by atoms with Gasteiger partial charge in [0.15, 0.2) is 0 Å². The zero-order chi connectivity index (χ0) is 13.9. The second kappa shape index (κ2) is 4.87. The Kier molecular flexibility index (Phi) is 3.70. The van der Waals surface area contributed by atoms with Crippen molar-refractivity contribution in [3.05, 3.63) is 27.4 Å². The summed E-state index contributed by atoms with van der Waals surface area (Å²) in [6, 6.07) is 1.54. The number of aromatic nitrogens is 1. The Morgan fingerprint density at radius 3 is 2.67 bits per heavy atom. The summed E-state index contributed by atoms with van der Waals surface area (Å²) < 4.78 is 40.2. The van der Waals surface area contributed by atoms with Crippen LogP contribution in [0.15, 0.2) is 6.20 Å². The number of hydrogen-bond acceptors (Lipinski definition) is 5. The van der Waals surface area contributed by atoms with Crippen molar-refractivity contribution in [2.24, 2.45) is 0 Å². The average molecular weight is 261 g/mol. The third kappa shape index (κ3) is 3.07. The molecule has 0 aliphatic heterocycles. The van der Waals surface area contributed by atoms with Gasteiger partial charge in [-0.25, -0.2) is 0 Å². The molecular formula is C9H6F3N3O3. The number of nitro groups is 1. The molecule has 1 aromatic heterocycles. The van der Waals surface area contributed by atoms with E-state index in [1.807, 2.05) is 0 Å². The van der Waals surface area contributed by atoms with Crippen molar-refractivity contribution < 1.29 is 22.8 Å². The van der Waals surface area contributed by atoms with E-state index in [1.54, 1.807) is 6.07 Å². The minimum Gasteiger partial charge on any atom is -0.405 e.